The van der Waals surface area contributed by atoms with Gasteiger partial charge >= 0.3 is 0 Å². The summed E-state index contributed by atoms with van der Waals surface area (Å²) in [5.41, 5.74) is 2.31. The average Bonchev–Trinajstić information content (AvgIpc) is 2.67. The summed E-state index contributed by atoms with van der Waals surface area (Å²) in [7, 11) is 0. The molecule has 0 saturated carbocycles. The van der Waals surface area contributed by atoms with E-state index in [2.05, 4.69) is 15.5 Å². The van der Waals surface area contributed by atoms with Crippen molar-refractivity contribution in [2.75, 3.05) is 25.0 Å². The minimum atomic E-state index is -0.133. The van der Waals surface area contributed by atoms with Gasteiger partial charge in [-0.05, 0) is 44.0 Å². The van der Waals surface area contributed by atoms with Crippen LogP contribution < -0.4 is 10.6 Å². The molecule has 0 aromatic heterocycles. The predicted molar refractivity (Wildman–Crippen MR) is 113 cm³/mol. The normalized spacial score (nSPS) is 15.2. The van der Waals surface area contributed by atoms with Gasteiger partial charge in [0.25, 0.3) is 5.91 Å². The third kappa shape index (κ3) is 5.47. The highest BCUT2D eigenvalue weighted by molar-refractivity contribution is 6.44. The molecule has 5 nitrogen and oxygen atoms in total. The van der Waals surface area contributed by atoms with Crippen molar-refractivity contribution in [3.05, 3.63) is 63.6 Å². The van der Waals surface area contributed by atoms with E-state index in [9.17, 15) is 9.59 Å². The molecule has 7 heteroatoms. The number of carbonyl (C=O) groups is 2. The van der Waals surface area contributed by atoms with Crippen molar-refractivity contribution < 1.29 is 9.59 Å². The summed E-state index contributed by atoms with van der Waals surface area (Å²) in [6.07, 6.45) is 1.62. The molecule has 28 heavy (non-hydrogen) atoms. The summed E-state index contributed by atoms with van der Waals surface area (Å²) in [5.74, 6) is -0.182. The smallest absolute Gasteiger partial charge is 0.251 e. The Hall–Kier alpha value is -2.08. The number of piperidine rings is 1. The maximum absolute atomic E-state index is 12.3. The van der Waals surface area contributed by atoms with E-state index in [0.717, 1.165) is 31.5 Å². The van der Waals surface area contributed by atoms with Gasteiger partial charge in [-0.15, -0.1) is 0 Å². The number of hydrogen-bond acceptors (Lipinski definition) is 3. The molecule has 2 aromatic carbocycles. The predicted octanol–water partition coefficient (Wildman–Crippen LogP) is 4.13. The lowest BCUT2D eigenvalue weighted by Gasteiger charge is -2.31. The topological polar surface area (TPSA) is 61.4 Å². The van der Waals surface area contributed by atoms with E-state index in [-0.39, 0.29) is 24.4 Å². The van der Waals surface area contributed by atoms with E-state index in [0.29, 0.717) is 21.3 Å². The molecule has 148 valence electrons. The number of hydrogen-bond donors (Lipinski definition) is 2. The van der Waals surface area contributed by atoms with Crippen LogP contribution in [0.4, 0.5) is 5.69 Å². The molecule has 2 aromatic rings. The quantitative estimate of drug-likeness (QED) is 0.765. The molecule has 1 saturated heterocycles. The van der Waals surface area contributed by atoms with E-state index in [1.54, 1.807) is 18.2 Å². The Kier molecular flexibility index (Phi) is 6.94. The number of likely N-dealkylation sites (tertiary alicyclic amines) is 1. The zero-order valence-electron chi connectivity index (χ0n) is 15.7. The molecule has 3 rings (SSSR count). The van der Waals surface area contributed by atoms with E-state index in [4.69, 9.17) is 23.2 Å². The summed E-state index contributed by atoms with van der Waals surface area (Å²) >= 11 is 12.1. The van der Waals surface area contributed by atoms with Crippen LogP contribution in [0.5, 0.6) is 0 Å². The number of amides is 2. The zero-order chi connectivity index (χ0) is 20.1. The van der Waals surface area contributed by atoms with Crippen LogP contribution in [0.2, 0.25) is 10.0 Å². The minimum absolute atomic E-state index is 0.0493. The molecule has 1 aliphatic rings. The fraction of sp³-hybridized carbons (Fsp3) is 0.333. The van der Waals surface area contributed by atoms with Gasteiger partial charge < -0.3 is 10.6 Å². The SMILES string of the molecule is Cc1ccc(C(=O)NC2CCN(CC(=O)Nc3cccc(Cl)c3Cl)CC2)cc1. The molecule has 0 bridgehead atoms. The third-order valence-corrected chi connectivity index (χ3v) is 5.65. The van der Waals surface area contributed by atoms with Crippen molar-refractivity contribution in [3.8, 4) is 0 Å². The maximum atomic E-state index is 12.3. The first kappa shape index (κ1) is 20.6. The second-order valence-corrected chi connectivity index (χ2v) is 7.82. The van der Waals surface area contributed by atoms with Gasteiger partial charge in [-0.3, -0.25) is 14.5 Å². The Morgan fingerprint density at radius 1 is 1.07 bits per heavy atom. The molecule has 2 N–H and O–H groups in total. The number of nitrogens with zero attached hydrogens (tertiary/aromatic N) is 1. The lowest BCUT2D eigenvalue weighted by atomic mass is 10.0. The lowest BCUT2D eigenvalue weighted by Crippen LogP contribution is -2.46. The summed E-state index contributed by atoms with van der Waals surface area (Å²) < 4.78 is 0. The van der Waals surface area contributed by atoms with Crippen LogP contribution >= 0.6 is 23.2 Å². The summed E-state index contributed by atoms with van der Waals surface area (Å²) in [6.45, 7) is 3.76. The van der Waals surface area contributed by atoms with Crippen LogP contribution in [0.1, 0.15) is 28.8 Å². The van der Waals surface area contributed by atoms with E-state index >= 15 is 0 Å². The Morgan fingerprint density at radius 2 is 1.75 bits per heavy atom. The maximum Gasteiger partial charge on any atom is 0.251 e. The van der Waals surface area contributed by atoms with Crippen LogP contribution in [0.25, 0.3) is 0 Å². The number of rotatable bonds is 5. The van der Waals surface area contributed by atoms with Crippen molar-refractivity contribution in [1.29, 1.82) is 0 Å². The molecule has 1 heterocycles. The number of benzene rings is 2. The van der Waals surface area contributed by atoms with Gasteiger partial charge in [0, 0.05) is 24.7 Å². The van der Waals surface area contributed by atoms with E-state index in [1.165, 1.54) is 0 Å². The second kappa shape index (κ2) is 9.41. The lowest BCUT2D eigenvalue weighted by molar-refractivity contribution is -0.117. The Morgan fingerprint density at radius 3 is 2.43 bits per heavy atom. The van der Waals surface area contributed by atoms with Crippen LogP contribution in [-0.2, 0) is 4.79 Å². The monoisotopic (exact) mass is 419 g/mol. The number of carbonyl (C=O) groups excluding carboxylic acids is 2. The number of anilines is 1. The van der Waals surface area contributed by atoms with Crippen LogP contribution in [0.15, 0.2) is 42.5 Å². The molecule has 1 fully saturated rings. The summed E-state index contributed by atoms with van der Waals surface area (Å²) in [6, 6.07) is 12.8. The van der Waals surface area contributed by atoms with Crippen molar-refractivity contribution in [2.45, 2.75) is 25.8 Å². The molecule has 0 spiro atoms. The number of halogens is 2. The van der Waals surface area contributed by atoms with Crippen molar-refractivity contribution in [3.63, 3.8) is 0 Å². The van der Waals surface area contributed by atoms with Gasteiger partial charge in [-0.2, -0.15) is 0 Å². The highest BCUT2D eigenvalue weighted by Crippen LogP contribution is 2.29. The fourth-order valence-electron chi connectivity index (χ4n) is 3.20. The Labute approximate surface area is 175 Å². The van der Waals surface area contributed by atoms with Gasteiger partial charge in [0.1, 0.15) is 0 Å². The van der Waals surface area contributed by atoms with Crippen LogP contribution in [0.3, 0.4) is 0 Å². The van der Waals surface area contributed by atoms with Crippen LogP contribution in [0, 0.1) is 6.92 Å². The average molecular weight is 420 g/mol. The largest absolute Gasteiger partial charge is 0.349 e. The first-order valence-electron chi connectivity index (χ1n) is 9.26. The summed E-state index contributed by atoms with van der Waals surface area (Å²) in [4.78, 5) is 26.7. The Bertz CT molecular complexity index is 847. The molecular formula is C21H23Cl2N3O2. The molecule has 0 unspecified atom stereocenters. The molecular weight excluding hydrogens is 397 g/mol. The van der Waals surface area contributed by atoms with Gasteiger partial charge in [0.2, 0.25) is 5.91 Å². The van der Waals surface area contributed by atoms with Gasteiger partial charge in [-0.25, -0.2) is 0 Å². The third-order valence-electron chi connectivity index (χ3n) is 4.83. The second-order valence-electron chi connectivity index (χ2n) is 7.04. The molecule has 0 atom stereocenters. The van der Waals surface area contributed by atoms with Crippen molar-refractivity contribution in [1.82, 2.24) is 10.2 Å². The van der Waals surface area contributed by atoms with Crippen molar-refractivity contribution >= 4 is 40.7 Å². The zero-order valence-corrected chi connectivity index (χ0v) is 17.2. The summed E-state index contributed by atoms with van der Waals surface area (Å²) in [5, 5.41) is 6.63. The first-order chi connectivity index (χ1) is 13.4. The van der Waals surface area contributed by atoms with Crippen molar-refractivity contribution in [2.24, 2.45) is 0 Å². The van der Waals surface area contributed by atoms with Gasteiger partial charge in [0.05, 0.1) is 22.3 Å². The molecule has 0 radical (unpaired) electrons. The molecule has 0 aliphatic carbocycles. The van der Waals surface area contributed by atoms with Gasteiger partial charge in [-0.1, -0.05) is 47.0 Å². The highest BCUT2D eigenvalue weighted by atomic mass is 35.5. The highest BCUT2D eigenvalue weighted by Gasteiger charge is 2.22. The standard InChI is InChI=1S/C21H23Cl2N3O2/c1-14-5-7-15(8-6-14)21(28)24-16-9-11-26(12-10-16)13-19(27)25-18-4-2-3-17(22)20(18)23/h2-8,16H,9-13H2,1H3,(H,24,28)(H,25,27). The Balaban J connectivity index is 1.44. The fourth-order valence-corrected chi connectivity index (χ4v) is 3.55. The number of nitrogens with one attached hydrogen (secondary N) is 2. The number of aryl methyl sites for hydroxylation is 1. The molecule has 2 amide bonds. The van der Waals surface area contributed by atoms with E-state index < -0.39 is 0 Å². The minimum Gasteiger partial charge on any atom is -0.349 e. The molecule has 1 aliphatic heterocycles. The first-order valence-corrected chi connectivity index (χ1v) is 10.0. The van der Waals surface area contributed by atoms with Gasteiger partial charge in [0.15, 0.2) is 0 Å². The van der Waals surface area contributed by atoms with Crippen LogP contribution in [-0.4, -0.2) is 42.4 Å². The van der Waals surface area contributed by atoms with E-state index in [1.807, 2.05) is 31.2 Å².